The van der Waals surface area contributed by atoms with Gasteiger partial charge in [0.05, 0.1) is 0 Å². The van der Waals surface area contributed by atoms with E-state index in [1.165, 1.54) is 17.8 Å². The van der Waals surface area contributed by atoms with Gasteiger partial charge in [-0.3, -0.25) is 10.1 Å². The second kappa shape index (κ2) is 6.76. The first-order chi connectivity index (χ1) is 9.67. The summed E-state index contributed by atoms with van der Waals surface area (Å²) in [6, 6.07) is 10.5. The average molecular weight is 291 g/mol. The van der Waals surface area contributed by atoms with E-state index in [2.05, 4.69) is 15.3 Å². The minimum absolute atomic E-state index is 0.158. The number of anilines is 1. The van der Waals surface area contributed by atoms with Crippen molar-refractivity contribution in [2.24, 2.45) is 0 Å². The Morgan fingerprint density at radius 3 is 2.85 bits per heavy atom. The monoisotopic (exact) mass is 291 g/mol. The van der Waals surface area contributed by atoms with E-state index < -0.39 is 6.09 Å². The molecule has 1 heterocycles. The Kier molecular flexibility index (Phi) is 4.78. The molecule has 0 fully saturated rings. The van der Waals surface area contributed by atoms with Crippen LogP contribution >= 0.6 is 11.8 Å². The molecule has 104 valence electrons. The number of carbonyl (C=O) groups is 1. The molecule has 0 bridgehead atoms. The van der Waals surface area contributed by atoms with Crippen LogP contribution < -0.4 is 10.9 Å². The molecular weight excluding hydrogens is 278 g/mol. The first-order valence-corrected chi connectivity index (χ1v) is 7.03. The van der Waals surface area contributed by atoms with Crippen LogP contribution in [0.3, 0.4) is 0 Å². The lowest BCUT2D eigenvalue weighted by Crippen LogP contribution is -2.17. The fourth-order valence-electron chi connectivity index (χ4n) is 1.46. The van der Waals surface area contributed by atoms with Crippen molar-refractivity contribution in [3.8, 4) is 0 Å². The zero-order chi connectivity index (χ0) is 14.4. The Labute approximate surface area is 119 Å². The maximum atomic E-state index is 11.6. The third-order valence-corrected chi connectivity index (χ3v) is 2.94. The molecule has 0 aliphatic carbocycles. The van der Waals surface area contributed by atoms with Crippen molar-refractivity contribution in [3.05, 3.63) is 52.3 Å². The summed E-state index contributed by atoms with van der Waals surface area (Å²) in [5, 5.41) is 2.85. The van der Waals surface area contributed by atoms with Crippen LogP contribution in [-0.4, -0.2) is 22.3 Å². The van der Waals surface area contributed by atoms with Gasteiger partial charge in [0.25, 0.3) is 5.56 Å². The molecule has 2 rings (SSSR count). The molecule has 0 unspecified atom stereocenters. The summed E-state index contributed by atoms with van der Waals surface area (Å²) in [7, 11) is 0. The second-order valence-electron chi connectivity index (χ2n) is 3.83. The number of rotatable bonds is 4. The van der Waals surface area contributed by atoms with Crippen molar-refractivity contribution < 1.29 is 9.53 Å². The zero-order valence-corrected chi connectivity index (χ0v) is 11.6. The summed E-state index contributed by atoms with van der Waals surface area (Å²) < 4.78 is 5.04. The molecule has 0 spiro atoms. The minimum Gasteiger partial charge on any atom is -0.444 e. The highest BCUT2D eigenvalue weighted by atomic mass is 32.2. The molecule has 6 nitrogen and oxygen atoms in total. The van der Waals surface area contributed by atoms with Gasteiger partial charge in [-0.1, -0.05) is 42.1 Å². The molecule has 1 aromatic carbocycles. The number of aromatic nitrogens is 2. The highest BCUT2D eigenvalue weighted by Crippen LogP contribution is 2.09. The third kappa shape index (κ3) is 4.13. The van der Waals surface area contributed by atoms with E-state index in [4.69, 9.17) is 4.74 Å². The number of H-pyrrole nitrogens is 1. The standard InChI is InChI=1S/C13H13N3O3S/c1-20-12-14-10(7-11(17)16-12)15-13(18)19-8-9-5-3-2-4-6-9/h2-7H,8H2,1H3,(H2,14,15,16,17,18). The maximum absolute atomic E-state index is 11.6. The summed E-state index contributed by atoms with van der Waals surface area (Å²) in [5.41, 5.74) is 0.550. The number of thioether (sulfide) groups is 1. The summed E-state index contributed by atoms with van der Waals surface area (Å²) in [5.74, 6) is 0.163. The molecule has 20 heavy (non-hydrogen) atoms. The Hall–Kier alpha value is -2.28. The van der Waals surface area contributed by atoms with Gasteiger partial charge >= 0.3 is 6.09 Å². The molecular formula is C13H13N3O3S. The van der Waals surface area contributed by atoms with Gasteiger partial charge in [0.2, 0.25) is 0 Å². The molecule has 0 atom stereocenters. The number of benzene rings is 1. The fraction of sp³-hybridized carbons (Fsp3) is 0.154. The van der Waals surface area contributed by atoms with Gasteiger partial charge in [-0.2, -0.15) is 0 Å². The number of ether oxygens (including phenoxy) is 1. The number of hydrogen-bond acceptors (Lipinski definition) is 5. The largest absolute Gasteiger partial charge is 0.444 e. The van der Waals surface area contributed by atoms with Crippen LogP contribution in [0.4, 0.5) is 10.6 Å². The van der Waals surface area contributed by atoms with Crippen molar-refractivity contribution in [2.45, 2.75) is 11.8 Å². The van der Waals surface area contributed by atoms with Crippen LogP contribution in [0.2, 0.25) is 0 Å². The van der Waals surface area contributed by atoms with Gasteiger partial charge in [0, 0.05) is 6.07 Å². The summed E-state index contributed by atoms with van der Waals surface area (Å²) in [6.07, 6.45) is 1.12. The number of amides is 1. The highest BCUT2D eigenvalue weighted by molar-refractivity contribution is 7.98. The van der Waals surface area contributed by atoms with Gasteiger partial charge in [-0.15, -0.1) is 0 Å². The molecule has 7 heteroatoms. The normalized spacial score (nSPS) is 10.1. The summed E-state index contributed by atoms with van der Waals surface area (Å²) in [4.78, 5) is 29.5. The first-order valence-electron chi connectivity index (χ1n) is 5.80. The fourth-order valence-corrected chi connectivity index (χ4v) is 1.85. The Morgan fingerprint density at radius 2 is 2.15 bits per heavy atom. The van der Waals surface area contributed by atoms with Gasteiger partial charge in [-0.25, -0.2) is 9.78 Å². The van der Waals surface area contributed by atoms with Gasteiger partial charge in [0.1, 0.15) is 12.4 Å². The van der Waals surface area contributed by atoms with Crippen molar-refractivity contribution in [1.29, 1.82) is 0 Å². The van der Waals surface area contributed by atoms with Crippen LogP contribution in [0.5, 0.6) is 0 Å². The van der Waals surface area contributed by atoms with E-state index in [9.17, 15) is 9.59 Å². The van der Waals surface area contributed by atoms with E-state index in [-0.39, 0.29) is 18.0 Å². The number of nitrogens with zero attached hydrogens (tertiary/aromatic N) is 1. The van der Waals surface area contributed by atoms with Crippen LogP contribution in [0.1, 0.15) is 5.56 Å². The van der Waals surface area contributed by atoms with Crippen LogP contribution in [0.15, 0.2) is 46.3 Å². The number of nitrogens with one attached hydrogen (secondary N) is 2. The quantitative estimate of drug-likeness (QED) is 0.666. The smallest absolute Gasteiger partial charge is 0.413 e. The van der Waals surface area contributed by atoms with Gasteiger partial charge < -0.3 is 9.72 Å². The summed E-state index contributed by atoms with van der Waals surface area (Å²) >= 11 is 1.28. The SMILES string of the molecule is CSc1nc(NC(=O)OCc2ccccc2)cc(=O)[nH]1. The molecule has 1 amide bonds. The van der Waals surface area contributed by atoms with Crippen molar-refractivity contribution in [2.75, 3.05) is 11.6 Å². The van der Waals surface area contributed by atoms with Gasteiger partial charge in [-0.05, 0) is 11.8 Å². The topological polar surface area (TPSA) is 84.1 Å². The van der Waals surface area contributed by atoms with Crippen LogP contribution in [0.25, 0.3) is 0 Å². The Balaban J connectivity index is 1.94. The Morgan fingerprint density at radius 1 is 1.40 bits per heavy atom. The van der Waals surface area contributed by atoms with Crippen LogP contribution in [-0.2, 0) is 11.3 Å². The van der Waals surface area contributed by atoms with Crippen molar-refractivity contribution >= 4 is 23.7 Å². The van der Waals surface area contributed by atoms with E-state index in [0.29, 0.717) is 5.16 Å². The molecule has 2 N–H and O–H groups in total. The van der Waals surface area contributed by atoms with Crippen LogP contribution in [0, 0.1) is 0 Å². The molecule has 2 aromatic rings. The molecule has 0 saturated carbocycles. The zero-order valence-electron chi connectivity index (χ0n) is 10.8. The van der Waals surface area contributed by atoms with E-state index in [0.717, 1.165) is 5.56 Å². The minimum atomic E-state index is -0.654. The molecule has 1 aromatic heterocycles. The third-order valence-electron chi connectivity index (χ3n) is 2.36. The van der Waals surface area contributed by atoms with Crippen molar-refractivity contribution in [1.82, 2.24) is 9.97 Å². The average Bonchev–Trinajstić information content (AvgIpc) is 2.45. The molecule has 0 aliphatic heterocycles. The van der Waals surface area contributed by atoms with E-state index >= 15 is 0 Å². The maximum Gasteiger partial charge on any atom is 0.413 e. The predicted octanol–water partition coefficient (Wildman–Crippen LogP) is 2.24. The second-order valence-corrected chi connectivity index (χ2v) is 4.62. The molecule has 0 aliphatic rings. The predicted molar refractivity (Wildman–Crippen MR) is 76.9 cm³/mol. The van der Waals surface area contributed by atoms with Gasteiger partial charge in [0.15, 0.2) is 5.16 Å². The number of aromatic amines is 1. The van der Waals surface area contributed by atoms with E-state index in [1.54, 1.807) is 6.26 Å². The molecule has 0 saturated heterocycles. The number of hydrogen-bond donors (Lipinski definition) is 2. The molecule has 0 radical (unpaired) electrons. The Bertz CT molecular complexity index is 643. The lowest BCUT2D eigenvalue weighted by Gasteiger charge is -2.06. The lowest BCUT2D eigenvalue weighted by molar-refractivity contribution is 0.155. The lowest BCUT2D eigenvalue weighted by atomic mass is 10.2. The highest BCUT2D eigenvalue weighted by Gasteiger charge is 2.06. The first kappa shape index (κ1) is 14.1. The van der Waals surface area contributed by atoms with Crippen molar-refractivity contribution in [3.63, 3.8) is 0 Å². The van der Waals surface area contributed by atoms with E-state index in [1.807, 2.05) is 30.3 Å². The summed E-state index contributed by atoms with van der Waals surface area (Å²) in [6.45, 7) is 0.158. The number of carbonyl (C=O) groups excluding carboxylic acids is 1.